The van der Waals surface area contributed by atoms with Gasteiger partial charge in [-0.1, -0.05) is 13.8 Å². The van der Waals surface area contributed by atoms with Crippen LogP contribution in [0.1, 0.15) is 26.7 Å². The van der Waals surface area contributed by atoms with Crippen LogP contribution in [0, 0.1) is 0 Å². The van der Waals surface area contributed by atoms with Crippen LogP contribution < -0.4 is 10.2 Å². The molecule has 0 atom stereocenters. The van der Waals surface area contributed by atoms with E-state index in [1.165, 1.54) is 0 Å². The Labute approximate surface area is 126 Å². The number of nitrogens with zero attached hydrogens (tertiary/aromatic N) is 4. The Morgan fingerprint density at radius 1 is 1.38 bits per heavy atom. The first kappa shape index (κ1) is 15.6. The highest BCUT2D eigenvalue weighted by molar-refractivity contribution is 5.67. The zero-order valence-corrected chi connectivity index (χ0v) is 13.3. The summed E-state index contributed by atoms with van der Waals surface area (Å²) in [4.78, 5) is 11.5. The molecule has 116 valence electrons. The van der Waals surface area contributed by atoms with Crippen molar-refractivity contribution < 1.29 is 4.74 Å². The Bertz CT molecular complexity index is 564. The second-order valence-corrected chi connectivity index (χ2v) is 5.01. The molecule has 6 heteroatoms. The lowest BCUT2D eigenvalue weighted by atomic mass is 10.1. The van der Waals surface area contributed by atoms with Crippen LogP contribution in [-0.2, 0) is 4.74 Å². The maximum atomic E-state index is 5.27. The normalized spacial score (nSPS) is 11.3. The molecule has 0 amide bonds. The highest BCUT2D eigenvalue weighted by Crippen LogP contribution is 2.24. The lowest BCUT2D eigenvalue weighted by Crippen LogP contribution is -2.38. The Morgan fingerprint density at radius 2 is 2.14 bits per heavy atom. The molecule has 0 aliphatic heterocycles. The molecule has 0 saturated carbocycles. The number of imidazole rings is 1. The lowest BCUT2D eigenvalue weighted by molar-refractivity contribution is 0.202. The zero-order chi connectivity index (χ0) is 15.2. The van der Waals surface area contributed by atoms with E-state index in [2.05, 4.69) is 29.0 Å². The third-order valence-corrected chi connectivity index (χ3v) is 3.80. The fourth-order valence-electron chi connectivity index (χ4n) is 2.61. The maximum absolute atomic E-state index is 5.27. The van der Waals surface area contributed by atoms with Crippen LogP contribution in [0.3, 0.4) is 0 Å². The highest BCUT2D eigenvalue weighted by atomic mass is 16.5. The van der Waals surface area contributed by atoms with Crippen LogP contribution in [0.15, 0.2) is 18.6 Å². The molecule has 0 unspecified atom stereocenters. The van der Waals surface area contributed by atoms with Gasteiger partial charge in [-0.05, 0) is 12.8 Å². The van der Waals surface area contributed by atoms with Crippen LogP contribution in [-0.4, -0.2) is 47.7 Å². The molecule has 21 heavy (non-hydrogen) atoms. The predicted molar refractivity (Wildman–Crippen MR) is 86.1 cm³/mol. The van der Waals surface area contributed by atoms with Gasteiger partial charge in [0.05, 0.1) is 12.8 Å². The van der Waals surface area contributed by atoms with E-state index in [0.717, 1.165) is 36.7 Å². The topological polar surface area (TPSA) is 54.7 Å². The van der Waals surface area contributed by atoms with E-state index in [1.807, 2.05) is 23.8 Å². The van der Waals surface area contributed by atoms with Crippen LogP contribution in [0.25, 0.3) is 5.65 Å². The summed E-state index contributed by atoms with van der Waals surface area (Å²) < 4.78 is 7.28. The monoisotopic (exact) mass is 291 g/mol. The van der Waals surface area contributed by atoms with Gasteiger partial charge in [-0.15, -0.1) is 0 Å². The molecule has 1 N–H and O–H groups in total. The van der Waals surface area contributed by atoms with Gasteiger partial charge in [0.1, 0.15) is 5.82 Å². The minimum Gasteiger partial charge on any atom is -0.383 e. The third-order valence-electron chi connectivity index (χ3n) is 3.80. The number of fused-ring (bicyclic) bond motifs is 1. The Hall–Kier alpha value is -1.82. The summed E-state index contributed by atoms with van der Waals surface area (Å²) >= 11 is 0. The summed E-state index contributed by atoms with van der Waals surface area (Å²) in [6, 6.07) is 0.431. The fourth-order valence-corrected chi connectivity index (χ4v) is 2.61. The maximum Gasteiger partial charge on any atom is 0.180 e. The van der Waals surface area contributed by atoms with Crippen LogP contribution in [0.4, 0.5) is 11.6 Å². The van der Waals surface area contributed by atoms with Crippen molar-refractivity contribution in [2.45, 2.75) is 32.7 Å². The SMILES string of the molecule is CCC(CC)N(CCOC)c1nc(NC)cn2ccnc12. The molecular weight excluding hydrogens is 266 g/mol. The molecule has 2 rings (SSSR count). The van der Waals surface area contributed by atoms with E-state index in [4.69, 9.17) is 9.72 Å². The van der Waals surface area contributed by atoms with Gasteiger partial charge in [0, 0.05) is 39.1 Å². The third kappa shape index (κ3) is 3.26. The number of aromatic nitrogens is 3. The number of hydrogen-bond acceptors (Lipinski definition) is 5. The van der Waals surface area contributed by atoms with Crippen molar-refractivity contribution in [2.24, 2.45) is 0 Å². The van der Waals surface area contributed by atoms with Gasteiger partial charge in [-0.2, -0.15) is 0 Å². The fraction of sp³-hybridized carbons (Fsp3) is 0.600. The van der Waals surface area contributed by atoms with Crippen LogP contribution in [0.2, 0.25) is 0 Å². The first-order chi connectivity index (χ1) is 10.2. The quantitative estimate of drug-likeness (QED) is 0.809. The van der Waals surface area contributed by atoms with Crippen LogP contribution >= 0.6 is 0 Å². The van der Waals surface area contributed by atoms with Gasteiger partial charge < -0.3 is 19.4 Å². The number of ether oxygens (including phenoxy) is 1. The van der Waals surface area contributed by atoms with Crippen molar-refractivity contribution >= 4 is 17.3 Å². The number of methoxy groups -OCH3 is 1. The lowest BCUT2D eigenvalue weighted by Gasteiger charge is -2.31. The summed E-state index contributed by atoms with van der Waals surface area (Å²) in [6.45, 7) is 5.90. The average molecular weight is 291 g/mol. The van der Waals surface area contributed by atoms with Crippen molar-refractivity contribution in [1.82, 2.24) is 14.4 Å². The average Bonchev–Trinajstić information content (AvgIpc) is 2.99. The van der Waals surface area contributed by atoms with E-state index >= 15 is 0 Å². The molecule has 0 aromatic carbocycles. The molecular formula is C15H25N5O. The second kappa shape index (κ2) is 7.26. The molecule has 2 aromatic heterocycles. The molecule has 2 aromatic rings. The van der Waals surface area contributed by atoms with Gasteiger partial charge >= 0.3 is 0 Å². The van der Waals surface area contributed by atoms with Crippen molar-refractivity contribution in [3.63, 3.8) is 0 Å². The van der Waals surface area contributed by atoms with Gasteiger partial charge in [0.15, 0.2) is 11.5 Å². The van der Waals surface area contributed by atoms with Gasteiger partial charge in [0.2, 0.25) is 0 Å². The summed E-state index contributed by atoms with van der Waals surface area (Å²) in [5.41, 5.74) is 0.886. The van der Waals surface area contributed by atoms with Crippen molar-refractivity contribution in [3.8, 4) is 0 Å². The minimum atomic E-state index is 0.431. The molecule has 2 heterocycles. The van der Waals surface area contributed by atoms with Crippen molar-refractivity contribution in [2.75, 3.05) is 37.5 Å². The summed E-state index contributed by atoms with van der Waals surface area (Å²) in [7, 11) is 3.61. The summed E-state index contributed by atoms with van der Waals surface area (Å²) in [6.07, 6.45) is 7.84. The van der Waals surface area contributed by atoms with Crippen molar-refractivity contribution in [1.29, 1.82) is 0 Å². The van der Waals surface area contributed by atoms with E-state index in [1.54, 1.807) is 13.3 Å². The van der Waals surface area contributed by atoms with E-state index in [-0.39, 0.29) is 0 Å². The summed E-state index contributed by atoms with van der Waals surface area (Å²) in [5.74, 6) is 1.75. The number of nitrogens with one attached hydrogen (secondary N) is 1. The van der Waals surface area contributed by atoms with Gasteiger partial charge in [-0.25, -0.2) is 9.97 Å². The largest absolute Gasteiger partial charge is 0.383 e. The Kier molecular flexibility index (Phi) is 5.38. The molecule has 0 spiro atoms. The van der Waals surface area contributed by atoms with Gasteiger partial charge in [-0.3, -0.25) is 0 Å². The smallest absolute Gasteiger partial charge is 0.180 e. The molecule has 0 aliphatic rings. The van der Waals surface area contributed by atoms with E-state index in [9.17, 15) is 0 Å². The van der Waals surface area contributed by atoms with E-state index < -0.39 is 0 Å². The first-order valence-electron chi connectivity index (χ1n) is 7.52. The summed E-state index contributed by atoms with van der Waals surface area (Å²) in [5, 5.41) is 3.12. The Balaban J connectivity index is 2.48. The van der Waals surface area contributed by atoms with Crippen molar-refractivity contribution in [3.05, 3.63) is 18.6 Å². The number of anilines is 2. The molecule has 0 fully saturated rings. The molecule has 0 radical (unpaired) electrons. The molecule has 0 saturated heterocycles. The molecule has 0 aliphatic carbocycles. The standard InChI is InChI=1S/C15H25N5O/c1-5-12(6-2)20(9-10-21-4)15-14-17-7-8-19(14)11-13(16-3)18-15/h7-8,11-12,16H,5-6,9-10H2,1-4H3. The molecule has 0 bridgehead atoms. The predicted octanol–water partition coefficient (Wildman–Crippen LogP) is 2.41. The van der Waals surface area contributed by atoms with Gasteiger partial charge in [0.25, 0.3) is 0 Å². The van der Waals surface area contributed by atoms with E-state index in [0.29, 0.717) is 12.6 Å². The zero-order valence-electron chi connectivity index (χ0n) is 13.3. The second-order valence-electron chi connectivity index (χ2n) is 5.01. The number of hydrogen-bond donors (Lipinski definition) is 1. The van der Waals surface area contributed by atoms with Crippen LogP contribution in [0.5, 0.6) is 0 Å². The molecule has 6 nitrogen and oxygen atoms in total. The number of rotatable bonds is 8. The first-order valence-corrected chi connectivity index (χ1v) is 7.52. The Morgan fingerprint density at radius 3 is 2.76 bits per heavy atom. The minimum absolute atomic E-state index is 0.431. The highest BCUT2D eigenvalue weighted by Gasteiger charge is 2.21.